The minimum Gasteiger partial charge on any atom is -0.298 e. The molecule has 3 nitrogen and oxygen atoms in total. The van der Waals surface area contributed by atoms with Crippen molar-refractivity contribution in [2.75, 3.05) is 5.32 Å². The van der Waals surface area contributed by atoms with Crippen LogP contribution in [0, 0.1) is 20.8 Å². The third-order valence-corrected chi connectivity index (χ3v) is 4.45. The Morgan fingerprint density at radius 2 is 1.70 bits per heavy atom. The number of thiazole rings is 1. The molecule has 0 saturated heterocycles. The average molecular weight is 322 g/mol. The number of aromatic nitrogens is 1. The first-order valence-corrected chi connectivity index (χ1v) is 8.32. The second kappa shape index (κ2) is 6.34. The lowest BCUT2D eigenvalue weighted by Crippen LogP contribution is -2.11. The highest BCUT2D eigenvalue weighted by Gasteiger charge is 2.13. The summed E-state index contributed by atoms with van der Waals surface area (Å²) in [5, 5.41) is 5.48. The fraction of sp³-hybridized carbons (Fsp3) is 0.158. The van der Waals surface area contributed by atoms with E-state index < -0.39 is 0 Å². The Kier molecular flexibility index (Phi) is 4.26. The molecular formula is C19H18N2OS. The summed E-state index contributed by atoms with van der Waals surface area (Å²) in [5.41, 5.74) is 6.34. The Morgan fingerprint density at radius 1 is 1.04 bits per heavy atom. The third-order valence-electron chi connectivity index (χ3n) is 3.69. The molecule has 0 radical (unpaired) electrons. The lowest BCUT2D eigenvalue weighted by atomic mass is 9.98. The Bertz CT molecular complexity index is 830. The first-order valence-electron chi connectivity index (χ1n) is 7.45. The molecule has 1 heterocycles. The molecule has 0 unspecified atom stereocenters. The van der Waals surface area contributed by atoms with Gasteiger partial charge in [-0.3, -0.25) is 10.1 Å². The summed E-state index contributed by atoms with van der Waals surface area (Å²) in [7, 11) is 0. The van der Waals surface area contributed by atoms with Gasteiger partial charge in [-0.25, -0.2) is 4.98 Å². The van der Waals surface area contributed by atoms with Crippen molar-refractivity contribution >= 4 is 22.4 Å². The normalized spacial score (nSPS) is 10.6. The van der Waals surface area contributed by atoms with Crippen molar-refractivity contribution in [2.45, 2.75) is 20.8 Å². The molecule has 23 heavy (non-hydrogen) atoms. The fourth-order valence-electron chi connectivity index (χ4n) is 2.79. The smallest absolute Gasteiger partial charge is 0.257 e. The summed E-state index contributed by atoms with van der Waals surface area (Å²) in [6.07, 6.45) is 0. The van der Waals surface area contributed by atoms with Crippen LogP contribution in [0.4, 0.5) is 5.13 Å². The van der Waals surface area contributed by atoms with Gasteiger partial charge in [-0.15, -0.1) is 11.3 Å². The van der Waals surface area contributed by atoms with Gasteiger partial charge in [0, 0.05) is 16.5 Å². The Hall–Kier alpha value is -2.46. The van der Waals surface area contributed by atoms with Crippen LogP contribution in [-0.2, 0) is 0 Å². The largest absolute Gasteiger partial charge is 0.298 e. The Balaban J connectivity index is 1.86. The summed E-state index contributed by atoms with van der Waals surface area (Å²) in [4.78, 5) is 16.8. The topological polar surface area (TPSA) is 42.0 Å². The Morgan fingerprint density at radius 3 is 2.35 bits per heavy atom. The highest BCUT2D eigenvalue weighted by atomic mass is 32.1. The molecule has 3 aromatic rings. The van der Waals surface area contributed by atoms with Crippen molar-refractivity contribution in [3.63, 3.8) is 0 Å². The molecule has 1 aromatic heterocycles. The summed E-state index contributed by atoms with van der Waals surface area (Å²) < 4.78 is 0. The average Bonchev–Trinajstić information content (AvgIpc) is 2.95. The van der Waals surface area contributed by atoms with E-state index in [2.05, 4.69) is 43.2 Å². The number of hydrogen-bond acceptors (Lipinski definition) is 3. The summed E-state index contributed by atoms with van der Waals surface area (Å²) in [6.45, 7) is 6.28. The number of nitrogens with zero attached hydrogens (tertiary/aromatic N) is 1. The molecule has 1 amide bonds. The van der Waals surface area contributed by atoms with E-state index in [0.717, 1.165) is 11.3 Å². The summed E-state index contributed by atoms with van der Waals surface area (Å²) in [5.74, 6) is -0.135. The number of benzene rings is 2. The number of aryl methyl sites for hydroxylation is 3. The minimum atomic E-state index is -0.135. The molecule has 3 rings (SSSR count). The van der Waals surface area contributed by atoms with E-state index in [-0.39, 0.29) is 5.91 Å². The number of hydrogen-bond donors (Lipinski definition) is 1. The van der Waals surface area contributed by atoms with Crippen LogP contribution in [0.15, 0.2) is 47.8 Å². The summed E-state index contributed by atoms with van der Waals surface area (Å²) >= 11 is 1.45. The third kappa shape index (κ3) is 3.32. The van der Waals surface area contributed by atoms with Crippen molar-refractivity contribution in [1.82, 2.24) is 4.98 Å². The van der Waals surface area contributed by atoms with Gasteiger partial charge in [-0.2, -0.15) is 0 Å². The second-order valence-electron chi connectivity index (χ2n) is 5.63. The molecule has 1 N–H and O–H groups in total. The molecule has 4 heteroatoms. The van der Waals surface area contributed by atoms with E-state index in [1.54, 1.807) is 12.1 Å². The van der Waals surface area contributed by atoms with Gasteiger partial charge >= 0.3 is 0 Å². The molecule has 0 aliphatic rings. The predicted molar refractivity (Wildman–Crippen MR) is 96.2 cm³/mol. The molecule has 0 fully saturated rings. The van der Waals surface area contributed by atoms with E-state index in [1.165, 1.54) is 28.0 Å². The highest BCUT2D eigenvalue weighted by Crippen LogP contribution is 2.31. The van der Waals surface area contributed by atoms with E-state index >= 15 is 0 Å². The lowest BCUT2D eigenvalue weighted by molar-refractivity contribution is 0.102. The van der Waals surface area contributed by atoms with Gasteiger partial charge in [0.15, 0.2) is 5.13 Å². The van der Waals surface area contributed by atoms with E-state index in [1.807, 2.05) is 23.6 Å². The van der Waals surface area contributed by atoms with Gasteiger partial charge in [-0.05, 0) is 44.0 Å². The second-order valence-corrected chi connectivity index (χ2v) is 6.49. The maximum absolute atomic E-state index is 12.2. The SMILES string of the molecule is Cc1cc(C)c(-c2csc(NC(=O)c3ccccc3)n2)c(C)c1. The standard InChI is InChI=1S/C19H18N2OS/c1-12-9-13(2)17(14(3)10-12)16-11-23-19(20-16)21-18(22)15-7-5-4-6-8-15/h4-11H,1-3H3,(H,20,21,22). The number of nitrogens with one attached hydrogen (secondary N) is 1. The fourth-order valence-corrected chi connectivity index (χ4v) is 3.49. The van der Waals surface area contributed by atoms with Crippen molar-refractivity contribution in [1.29, 1.82) is 0 Å². The zero-order chi connectivity index (χ0) is 16.4. The number of anilines is 1. The molecule has 116 valence electrons. The van der Waals surface area contributed by atoms with Gasteiger partial charge in [0.25, 0.3) is 5.91 Å². The van der Waals surface area contributed by atoms with Gasteiger partial charge in [-0.1, -0.05) is 35.9 Å². The maximum Gasteiger partial charge on any atom is 0.257 e. The quantitative estimate of drug-likeness (QED) is 0.738. The zero-order valence-electron chi connectivity index (χ0n) is 13.4. The number of rotatable bonds is 3. The van der Waals surface area contributed by atoms with Crippen LogP contribution in [0.3, 0.4) is 0 Å². The van der Waals surface area contributed by atoms with Crippen LogP contribution in [0.25, 0.3) is 11.3 Å². The lowest BCUT2D eigenvalue weighted by Gasteiger charge is -2.08. The van der Waals surface area contributed by atoms with Crippen molar-refractivity contribution in [3.05, 3.63) is 70.1 Å². The monoisotopic (exact) mass is 322 g/mol. The number of carbonyl (C=O) groups excluding carboxylic acids is 1. The van der Waals surface area contributed by atoms with Gasteiger partial charge in [0.1, 0.15) is 0 Å². The first-order chi connectivity index (χ1) is 11.0. The van der Waals surface area contributed by atoms with E-state index in [4.69, 9.17) is 0 Å². The number of carbonyl (C=O) groups is 1. The van der Waals surface area contributed by atoms with Crippen LogP contribution in [0.2, 0.25) is 0 Å². The van der Waals surface area contributed by atoms with Crippen molar-refractivity contribution in [3.8, 4) is 11.3 Å². The number of amides is 1. The van der Waals surface area contributed by atoms with Gasteiger partial charge in [0.05, 0.1) is 5.69 Å². The zero-order valence-corrected chi connectivity index (χ0v) is 14.2. The molecule has 0 atom stereocenters. The van der Waals surface area contributed by atoms with Crippen molar-refractivity contribution < 1.29 is 4.79 Å². The van der Waals surface area contributed by atoms with Gasteiger partial charge < -0.3 is 0 Å². The van der Waals surface area contributed by atoms with Crippen LogP contribution in [0.1, 0.15) is 27.0 Å². The van der Waals surface area contributed by atoms with Gasteiger partial charge in [0.2, 0.25) is 0 Å². The maximum atomic E-state index is 12.2. The highest BCUT2D eigenvalue weighted by molar-refractivity contribution is 7.14. The van der Waals surface area contributed by atoms with E-state index in [9.17, 15) is 4.79 Å². The molecular weight excluding hydrogens is 304 g/mol. The Labute approximate surface area is 140 Å². The van der Waals surface area contributed by atoms with Crippen LogP contribution in [0.5, 0.6) is 0 Å². The molecule has 0 aliphatic heterocycles. The minimum absolute atomic E-state index is 0.135. The molecule has 0 bridgehead atoms. The van der Waals surface area contributed by atoms with E-state index in [0.29, 0.717) is 10.7 Å². The summed E-state index contributed by atoms with van der Waals surface area (Å²) in [6, 6.07) is 13.5. The van der Waals surface area contributed by atoms with Crippen LogP contribution in [-0.4, -0.2) is 10.9 Å². The van der Waals surface area contributed by atoms with Crippen LogP contribution >= 0.6 is 11.3 Å². The first kappa shape index (κ1) is 15.4. The molecule has 0 saturated carbocycles. The molecule has 0 aliphatic carbocycles. The predicted octanol–water partition coefficient (Wildman–Crippen LogP) is 4.99. The van der Waals surface area contributed by atoms with Crippen molar-refractivity contribution in [2.24, 2.45) is 0 Å². The molecule has 2 aromatic carbocycles. The van der Waals surface area contributed by atoms with Crippen LogP contribution < -0.4 is 5.32 Å². The molecule has 0 spiro atoms.